The van der Waals surface area contributed by atoms with Crippen molar-refractivity contribution in [3.05, 3.63) is 34.9 Å². The summed E-state index contributed by atoms with van der Waals surface area (Å²) >= 11 is 0. The molecule has 1 fully saturated rings. The lowest BCUT2D eigenvalue weighted by atomic mass is 9.96. The normalized spacial score (nSPS) is 20.2. The van der Waals surface area contributed by atoms with Crippen LogP contribution in [0.1, 0.15) is 35.6 Å². The molecular weight excluding hydrogens is 227 g/mol. The van der Waals surface area contributed by atoms with E-state index >= 15 is 0 Å². The molecule has 0 aliphatic carbocycles. The molecule has 0 radical (unpaired) electrons. The second kappa shape index (κ2) is 4.42. The standard InChI is InChI=1S/C13H12F3N/c1-2-9-5-6-10(12-4-3-7-17-12)11(8-9)13(14,15)16/h1,5-6,8,12,17H,3-4,7H2. The summed E-state index contributed by atoms with van der Waals surface area (Å²) in [6.45, 7) is 0.763. The van der Waals surface area contributed by atoms with Crippen molar-refractivity contribution in [2.45, 2.75) is 25.1 Å². The molecule has 90 valence electrons. The molecule has 1 aliphatic rings. The van der Waals surface area contributed by atoms with E-state index in [1.165, 1.54) is 6.07 Å². The van der Waals surface area contributed by atoms with Gasteiger partial charge in [-0.3, -0.25) is 0 Å². The molecule has 1 heterocycles. The summed E-state index contributed by atoms with van der Waals surface area (Å²) in [6.07, 6.45) is 2.41. The van der Waals surface area contributed by atoms with Crippen LogP contribution >= 0.6 is 0 Å². The summed E-state index contributed by atoms with van der Waals surface area (Å²) < 4.78 is 38.8. The molecule has 1 saturated heterocycles. The van der Waals surface area contributed by atoms with Gasteiger partial charge in [0.2, 0.25) is 0 Å². The van der Waals surface area contributed by atoms with E-state index in [2.05, 4.69) is 11.2 Å². The van der Waals surface area contributed by atoms with Gasteiger partial charge in [-0.05, 0) is 37.1 Å². The van der Waals surface area contributed by atoms with E-state index in [0.717, 1.165) is 25.5 Å². The highest BCUT2D eigenvalue weighted by Gasteiger charge is 2.35. The zero-order valence-electron chi connectivity index (χ0n) is 9.14. The molecule has 0 bridgehead atoms. The fourth-order valence-corrected chi connectivity index (χ4v) is 2.15. The molecule has 4 heteroatoms. The highest BCUT2D eigenvalue weighted by Crippen LogP contribution is 2.37. The van der Waals surface area contributed by atoms with Gasteiger partial charge in [0, 0.05) is 11.6 Å². The topological polar surface area (TPSA) is 12.0 Å². The van der Waals surface area contributed by atoms with Gasteiger partial charge in [-0.15, -0.1) is 6.42 Å². The third kappa shape index (κ3) is 2.45. The predicted octanol–water partition coefficient (Wildman–Crippen LogP) is 3.11. The summed E-state index contributed by atoms with van der Waals surface area (Å²) in [7, 11) is 0. The van der Waals surface area contributed by atoms with Crippen molar-refractivity contribution in [3.8, 4) is 12.3 Å². The Morgan fingerprint density at radius 1 is 1.35 bits per heavy atom. The monoisotopic (exact) mass is 239 g/mol. The van der Waals surface area contributed by atoms with Crippen LogP contribution in [0.4, 0.5) is 13.2 Å². The van der Waals surface area contributed by atoms with Gasteiger partial charge in [0.25, 0.3) is 0 Å². The maximum absolute atomic E-state index is 12.9. The Labute approximate surface area is 98.0 Å². The predicted molar refractivity (Wildman–Crippen MR) is 59.4 cm³/mol. The van der Waals surface area contributed by atoms with Crippen molar-refractivity contribution in [3.63, 3.8) is 0 Å². The number of benzene rings is 1. The number of hydrogen-bond donors (Lipinski definition) is 1. The van der Waals surface area contributed by atoms with Crippen LogP contribution in [0.3, 0.4) is 0 Å². The third-order valence-corrected chi connectivity index (χ3v) is 2.96. The van der Waals surface area contributed by atoms with E-state index in [1.54, 1.807) is 6.07 Å². The number of terminal acetylenes is 1. The number of rotatable bonds is 1. The van der Waals surface area contributed by atoms with Crippen LogP contribution in [0.5, 0.6) is 0 Å². The lowest BCUT2D eigenvalue weighted by molar-refractivity contribution is -0.138. The molecule has 0 aromatic heterocycles. The number of nitrogens with one attached hydrogen (secondary N) is 1. The fraction of sp³-hybridized carbons (Fsp3) is 0.385. The Morgan fingerprint density at radius 3 is 2.65 bits per heavy atom. The molecule has 17 heavy (non-hydrogen) atoms. The average molecular weight is 239 g/mol. The molecule has 0 saturated carbocycles. The van der Waals surface area contributed by atoms with E-state index in [0.29, 0.717) is 5.56 Å². The second-order valence-electron chi connectivity index (χ2n) is 4.09. The molecular formula is C13H12F3N. The van der Waals surface area contributed by atoms with Crippen molar-refractivity contribution >= 4 is 0 Å². The molecule has 1 aromatic rings. The SMILES string of the molecule is C#Cc1ccc(C2CCCN2)c(C(F)(F)F)c1. The summed E-state index contributed by atoms with van der Waals surface area (Å²) in [5.41, 5.74) is -0.0552. The van der Waals surface area contributed by atoms with Gasteiger partial charge < -0.3 is 5.32 Å². The van der Waals surface area contributed by atoms with Crippen molar-refractivity contribution in [1.82, 2.24) is 5.32 Å². The number of halogens is 3. The number of hydrogen-bond acceptors (Lipinski definition) is 1. The van der Waals surface area contributed by atoms with Gasteiger partial charge in [-0.2, -0.15) is 13.2 Å². The molecule has 1 N–H and O–H groups in total. The minimum absolute atomic E-state index is 0.210. The first-order chi connectivity index (χ1) is 8.02. The maximum Gasteiger partial charge on any atom is 0.416 e. The van der Waals surface area contributed by atoms with Gasteiger partial charge in [0.05, 0.1) is 5.56 Å². The summed E-state index contributed by atoms with van der Waals surface area (Å²) in [6, 6.07) is 3.89. The third-order valence-electron chi connectivity index (χ3n) is 2.96. The van der Waals surface area contributed by atoms with Crippen molar-refractivity contribution in [2.75, 3.05) is 6.54 Å². The van der Waals surface area contributed by atoms with Crippen LogP contribution in [0.15, 0.2) is 18.2 Å². The van der Waals surface area contributed by atoms with Crippen molar-refractivity contribution < 1.29 is 13.2 Å². The van der Waals surface area contributed by atoms with Crippen molar-refractivity contribution in [1.29, 1.82) is 0 Å². The Kier molecular flexibility index (Phi) is 3.12. The Bertz CT molecular complexity index is 451. The van der Waals surface area contributed by atoms with Crippen LogP contribution in [-0.2, 0) is 6.18 Å². The number of alkyl halides is 3. The van der Waals surface area contributed by atoms with Gasteiger partial charge in [0.15, 0.2) is 0 Å². The molecule has 1 atom stereocenters. The molecule has 2 rings (SSSR count). The molecule has 1 nitrogen and oxygen atoms in total. The zero-order valence-corrected chi connectivity index (χ0v) is 9.14. The van der Waals surface area contributed by atoms with Crippen LogP contribution in [-0.4, -0.2) is 6.54 Å². The highest BCUT2D eigenvalue weighted by molar-refractivity contribution is 5.42. The van der Waals surface area contributed by atoms with E-state index in [-0.39, 0.29) is 11.6 Å². The first-order valence-electron chi connectivity index (χ1n) is 5.43. The van der Waals surface area contributed by atoms with E-state index < -0.39 is 11.7 Å². The van der Waals surface area contributed by atoms with E-state index in [4.69, 9.17) is 6.42 Å². The second-order valence-corrected chi connectivity index (χ2v) is 4.09. The van der Waals surface area contributed by atoms with Gasteiger partial charge in [0.1, 0.15) is 0 Å². The highest BCUT2D eigenvalue weighted by atomic mass is 19.4. The molecule has 0 amide bonds. The first kappa shape index (κ1) is 12.0. The minimum atomic E-state index is -4.35. The first-order valence-corrected chi connectivity index (χ1v) is 5.43. The lowest BCUT2D eigenvalue weighted by Gasteiger charge is -2.18. The van der Waals surface area contributed by atoms with Crippen LogP contribution in [0.2, 0.25) is 0 Å². The van der Waals surface area contributed by atoms with Gasteiger partial charge >= 0.3 is 6.18 Å². The Hall–Kier alpha value is -1.47. The summed E-state index contributed by atoms with van der Waals surface area (Å²) in [5, 5.41) is 3.07. The van der Waals surface area contributed by atoms with Crippen LogP contribution in [0.25, 0.3) is 0 Å². The molecule has 1 unspecified atom stereocenters. The van der Waals surface area contributed by atoms with E-state index in [1.807, 2.05) is 0 Å². The average Bonchev–Trinajstić information content (AvgIpc) is 2.80. The minimum Gasteiger partial charge on any atom is -0.310 e. The largest absolute Gasteiger partial charge is 0.416 e. The van der Waals surface area contributed by atoms with Gasteiger partial charge in [-0.25, -0.2) is 0 Å². The Morgan fingerprint density at radius 2 is 2.12 bits per heavy atom. The fourth-order valence-electron chi connectivity index (χ4n) is 2.15. The quantitative estimate of drug-likeness (QED) is 0.742. The Balaban J connectivity index is 2.47. The zero-order chi connectivity index (χ0) is 12.5. The lowest BCUT2D eigenvalue weighted by Crippen LogP contribution is -2.18. The van der Waals surface area contributed by atoms with Crippen LogP contribution in [0, 0.1) is 12.3 Å². The van der Waals surface area contributed by atoms with Crippen molar-refractivity contribution in [2.24, 2.45) is 0 Å². The maximum atomic E-state index is 12.9. The van der Waals surface area contributed by atoms with Gasteiger partial charge in [-0.1, -0.05) is 12.0 Å². The summed E-state index contributed by atoms with van der Waals surface area (Å²) in [5.74, 6) is 2.24. The molecule has 1 aliphatic heterocycles. The summed E-state index contributed by atoms with van der Waals surface area (Å²) in [4.78, 5) is 0. The molecule has 0 spiro atoms. The molecule has 1 aromatic carbocycles. The van der Waals surface area contributed by atoms with Crippen LogP contribution < -0.4 is 5.32 Å². The smallest absolute Gasteiger partial charge is 0.310 e. The van der Waals surface area contributed by atoms with E-state index in [9.17, 15) is 13.2 Å².